The Morgan fingerprint density at radius 1 is 1.42 bits per heavy atom. The Hall–Kier alpha value is -2.94. The van der Waals surface area contributed by atoms with Crippen LogP contribution >= 0.6 is 0 Å². The van der Waals surface area contributed by atoms with E-state index in [1.54, 1.807) is 24.7 Å². The number of aromatic amines is 1. The van der Waals surface area contributed by atoms with Crippen molar-refractivity contribution >= 4 is 0 Å². The van der Waals surface area contributed by atoms with Gasteiger partial charge in [-0.3, -0.25) is 4.98 Å². The number of rotatable bonds is 2. The highest BCUT2D eigenvalue weighted by atomic mass is 16.5. The van der Waals surface area contributed by atoms with Crippen molar-refractivity contribution in [3.05, 3.63) is 42.0 Å². The molecule has 0 aliphatic carbocycles. The van der Waals surface area contributed by atoms with E-state index in [9.17, 15) is 0 Å². The number of aryl methyl sites for hydroxylation is 1. The maximum absolute atomic E-state index is 8.76. The average molecular weight is 251 g/mol. The average Bonchev–Trinajstić information content (AvgIpc) is 3.08. The van der Waals surface area contributed by atoms with Gasteiger partial charge in [0.25, 0.3) is 5.89 Å². The smallest absolute Gasteiger partial charge is 0.259 e. The second-order valence-electron chi connectivity index (χ2n) is 4.03. The van der Waals surface area contributed by atoms with E-state index in [-0.39, 0.29) is 0 Å². The zero-order valence-corrected chi connectivity index (χ0v) is 10.1. The Balaban J connectivity index is 2.00. The van der Waals surface area contributed by atoms with Crippen LogP contribution in [0.1, 0.15) is 11.3 Å². The molecule has 1 N–H and O–H groups in total. The first-order valence-electron chi connectivity index (χ1n) is 5.61. The molecule has 3 aromatic heterocycles. The molecule has 6 nitrogen and oxygen atoms in total. The molecule has 0 unspecified atom stereocenters. The Bertz CT molecular complexity index is 765. The molecular weight excluding hydrogens is 242 g/mol. The van der Waals surface area contributed by atoms with Crippen LogP contribution in [0, 0.1) is 18.3 Å². The second kappa shape index (κ2) is 4.38. The molecule has 0 fully saturated rings. The third kappa shape index (κ3) is 1.98. The van der Waals surface area contributed by atoms with E-state index in [2.05, 4.69) is 20.1 Å². The molecule has 3 heterocycles. The number of nitriles is 1. The van der Waals surface area contributed by atoms with Crippen molar-refractivity contribution in [1.82, 2.24) is 20.1 Å². The molecule has 0 atom stereocenters. The predicted molar refractivity (Wildman–Crippen MR) is 66.8 cm³/mol. The lowest BCUT2D eigenvalue weighted by Gasteiger charge is -1.96. The second-order valence-corrected chi connectivity index (χ2v) is 4.03. The zero-order valence-electron chi connectivity index (χ0n) is 10.1. The summed E-state index contributed by atoms with van der Waals surface area (Å²) in [6.07, 6.45) is 5.07. The van der Waals surface area contributed by atoms with E-state index in [4.69, 9.17) is 9.78 Å². The van der Waals surface area contributed by atoms with Gasteiger partial charge in [0.15, 0.2) is 0 Å². The number of hydrogen-bond donors (Lipinski definition) is 1. The molecular formula is C13H9N5O. The monoisotopic (exact) mass is 251 g/mol. The predicted octanol–water partition coefficient (Wildman–Crippen LogP) is 2.31. The van der Waals surface area contributed by atoms with Crippen molar-refractivity contribution in [2.45, 2.75) is 6.92 Å². The summed E-state index contributed by atoms with van der Waals surface area (Å²) in [7, 11) is 0. The Morgan fingerprint density at radius 2 is 2.32 bits per heavy atom. The van der Waals surface area contributed by atoms with E-state index in [0.29, 0.717) is 23.0 Å². The molecule has 0 saturated heterocycles. The van der Waals surface area contributed by atoms with Crippen molar-refractivity contribution in [1.29, 1.82) is 5.26 Å². The van der Waals surface area contributed by atoms with Crippen LogP contribution in [0.15, 0.2) is 35.2 Å². The van der Waals surface area contributed by atoms with Crippen LogP contribution < -0.4 is 0 Å². The number of aromatic nitrogens is 4. The fourth-order valence-electron chi connectivity index (χ4n) is 1.73. The quantitative estimate of drug-likeness (QED) is 0.754. The van der Waals surface area contributed by atoms with Gasteiger partial charge >= 0.3 is 0 Å². The summed E-state index contributed by atoms with van der Waals surface area (Å²) in [6.45, 7) is 1.96. The summed E-state index contributed by atoms with van der Waals surface area (Å²) in [5.74, 6) is 0.858. The molecule has 0 bridgehead atoms. The molecule has 0 spiro atoms. The van der Waals surface area contributed by atoms with Crippen LogP contribution in [0.2, 0.25) is 0 Å². The zero-order chi connectivity index (χ0) is 13.2. The third-order valence-corrected chi connectivity index (χ3v) is 2.76. The van der Waals surface area contributed by atoms with Gasteiger partial charge in [-0.25, -0.2) is 0 Å². The normalized spacial score (nSPS) is 10.3. The van der Waals surface area contributed by atoms with Crippen LogP contribution in [0.25, 0.3) is 22.8 Å². The van der Waals surface area contributed by atoms with Crippen molar-refractivity contribution in [3.8, 4) is 28.9 Å². The largest absolute Gasteiger partial charge is 0.352 e. The first kappa shape index (κ1) is 11.2. The van der Waals surface area contributed by atoms with Gasteiger partial charge in [0.1, 0.15) is 11.8 Å². The Kier molecular flexibility index (Phi) is 2.58. The van der Waals surface area contributed by atoms with Crippen LogP contribution in [-0.4, -0.2) is 20.1 Å². The molecule has 19 heavy (non-hydrogen) atoms. The number of nitrogens with zero attached hydrogens (tertiary/aromatic N) is 4. The summed E-state index contributed by atoms with van der Waals surface area (Å²) in [6, 6.07) is 5.55. The fourth-order valence-corrected chi connectivity index (χ4v) is 1.73. The molecule has 0 aromatic carbocycles. The van der Waals surface area contributed by atoms with Gasteiger partial charge in [-0.15, -0.1) is 0 Å². The van der Waals surface area contributed by atoms with Crippen molar-refractivity contribution in [3.63, 3.8) is 0 Å². The van der Waals surface area contributed by atoms with Gasteiger partial charge in [0.05, 0.1) is 5.56 Å². The van der Waals surface area contributed by atoms with Crippen molar-refractivity contribution < 1.29 is 4.52 Å². The molecule has 0 radical (unpaired) electrons. The highest BCUT2D eigenvalue weighted by Crippen LogP contribution is 2.23. The lowest BCUT2D eigenvalue weighted by atomic mass is 10.1. The first-order chi connectivity index (χ1) is 9.28. The van der Waals surface area contributed by atoms with Crippen molar-refractivity contribution in [2.24, 2.45) is 0 Å². The summed E-state index contributed by atoms with van der Waals surface area (Å²) >= 11 is 0. The number of H-pyrrole nitrogens is 1. The summed E-state index contributed by atoms with van der Waals surface area (Å²) < 4.78 is 5.20. The first-order valence-corrected chi connectivity index (χ1v) is 5.61. The van der Waals surface area contributed by atoms with Crippen LogP contribution in [-0.2, 0) is 0 Å². The minimum Gasteiger partial charge on any atom is -0.352 e. The minimum absolute atomic E-state index is 0.371. The number of pyridine rings is 1. The standard InChI is InChI=1S/C13H9N5O/c1-8-2-3-15-7-11(8)12-17-13(19-18-12)9-4-10(5-14)16-6-9/h2-4,6-7,16H,1H3. The summed E-state index contributed by atoms with van der Waals surface area (Å²) in [5.41, 5.74) is 2.99. The lowest BCUT2D eigenvalue weighted by molar-refractivity contribution is 0.432. The topological polar surface area (TPSA) is 91.4 Å². The van der Waals surface area contributed by atoms with E-state index in [0.717, 1.165) is 11.1 Å². The Labute approximate surface area is 108 Å². The number of hydrogen-bond acceptors (Lipinski definition) is 5. The van der Waals surface area contributed by atoms with E-state index in [1.807, 2.05) is 19.1 Å². The third-order valence-electron chi connectivity index (χ3n) is 2.76. The number of nitrogens with one attached hydrogen (secondary N) is 1. The van der Waals surface area contributed by atoms with Crippen molar-refractivity contribution in [2.75, 3.05) is 0 Å². The molecule has 6 heteroatoms. The molecule has 3 aromatic rings. The molecule has 3 rings (SSSR count). The van der Waals surface area contributed by atoms with Gasteiger partial charge in [0.2, 0.25) is 5.82 Å². The van der Waals surface area contributed by atoms with Gasteiger partial charge < -0.3 is 9.51 Å². The Morgan fingerprint density at radius 3 is 3.05 bits per heavy atom. The van der Waals surface area contributed by atoms with E-state index >= 15 is 0 Å². The van der Waals surface area contributed by atoms with Gasteiger partial charge in [-0.2, -0.15) is 10.2 Å². The van der Waals surface area contributed by atoms with Crippen LogP contribution in [0.4, 0.5) is 0 Å². The molecule has 92 valence electrons. The van der Waals surface area contributed by atoms with E-state index in [1.165, 1.54) is 0 Å². The molecule has 0 amide bonds. The highest BCUT2D eigenvalue weighted by molar-refractivity contribution is 5.62. The van der Waals surface area contributed by atoms with Crippen LogP contribution in [0.5, 0.6) is 0 Å². The fraction of sp³-hybridized carbons (Fsp3) is 0.0769. The SMILES string of the molecule is Cc1ccncc1-c1noc(-c2c[nH]c(C#N)c2)n1. The van der Waals surface area contributed by atoms with Crippen LogP contribution in [0.3, 0.4) is 0 Å². The van der Waals surface area contributed by atoms with Gasteiger partial charge in [-0.05, 0) is 24.6 Å². The highest BCUT2D eigenvalue weighted by Gasteiger charge is 2.13. The minimum atomic E-state index is 0.371. The molecule has 0 saturated carbocycles. The van der Waals surface area contributed by atoms with Gasteiger partial charge in [0, 0.05) is 24.2 Å². The maximum Gasteiger partial charge on any atom is 0.259 e. The lowest BCUT2D eigenvalue weighted by Crippen LogP contribution is -1.86. The summed E-state index contributed by atoms with van der Waals surface area (Å²) in [4.78, 5) is 11.2. The molecule has 0 aliphatic heterocycles. The summed E-state index contributed by atoms with van der Waals surface area (Å²) in [5, 5.41) is 12.7. The molecule has 0 aliphatic rings. The van der Waals surface area contributed by atoms with E-state index < -0.39 is 0 Å². The maximum atomic E-state index is 8.76. The van der Waals surface area contributed by atoms with Gasteiger partial charge in [-0.1, -0.05) is 5.16 Å².